The molecule has 1 aliphatic carbocycles. The Bertz CT molecular complexity index is 829. The average Bonchev–Trinajstić information content (AvgIpc) is 2.65. The van der Waals surface area contributed by atoms with Gasteiger partial charge in [0.2, 0.25) is 10.0 Å². The molecule has 1 aliphatic rings. The normalized spacial score (nSPS) is 15.4. The fraction of sp³-hybridized carbons (Fsp3) is 0.400. The zero-order chi connectivity index (χ0) is 17.9. The Kier molecular flexibility index (Phi) is 5.45. The minimum absolute atomic E-state index is 0.223. The highest BCUT2D eigenvalue weighted by Crippen LogP contribution is 2.27. The first-order chi connectivity index (χ1) is 12.0. The fourth-order valence-corrected chi connectivity index (χ4v) is 4.68. The molecule has 25 heavy (non-hydrogen) atoms. The Hall–Kier alpha value is -1.85. The van der Waals surface area contributed by atoms with E-state index in [4.69, 9.17) is 4.74 Å². The summed E-state index contributed by atoms with van der Waals surface area (Å²) in [5.41, 5.74) is 3.81. The second kappa shape index (κ2) is 7.58. The van der Waals surface area contributed by atoms with Crippen molar-refractivity contribution in [2.45, 2.75) is 50.0 Å². The molecule has 2 aromatic carbocycles. The maximum atomic E-state index is 12.7. The van der Waals surface area contributed by atoms with Crippen LogP contribution in [0.2, 0.25) is 0 Å². The van der Waals surface area contributed by atoms with E-state index in [0.29, 0.717) is 12.2 Å². The van der Waals surface area contributed by atoms with E-state index >= 15 is 0 Å². The van der Waals surface area contributed by atoms with E-state index in [-0.39, 0.29) is 10.9 Å². The highest BCUT2D eigenvalue weighted by Gasteiger charge is 2.21. The summed E-state index contributed by atoms with van der Waals surface area (Å²) in [7, 11) is -2.01. The molecular weight excluding hydrogens is 334 g/mol. The molecule has 2 aromatic rings. The third kappa shape index (κ3) is 4.05. The minimum atomic E-state index is -3.57. The van der Waals surface area contributed by atoms with Gasteiger partial charge in [0.1, 0.15) is 5.75 Å². The monoisotopic (exact) mass is 359 g/mol. The Morgan fingerprint density at radius 3 is 2.36 bits per heavy atom. The van der Waals surface area contributed by atoms with Crippen LogP contribution in [-0.2, 0) is 22.9 Å². The molecule has 3 rings (SSSR count). The molecule has 0 unspecified atom stereocenters. The Balaban J connectivity index is 1.83. The molecule has 4 nitrogen and oxygen atoms in total. The zero-order valence-corrected chi connectivity index (χ0v) is 15.6. The van der Waals surface area contributed by atoms with Gasteiger partial charge >= 0.3 is 0 Å². The van der Waals surface area contributed by atoms with Crippen molar-refractivity contribution in [2.75, 3.05) is 7.11 Å². The minimum Gasteiger partial charge on any atom is -0.497 e. The van der Waals surface area contributed by atoms with Gasteiger partial charge < -0.3 is 4.74 Å². The molecule has 0 radical (unpaired) electrons. The van der Waals surface area contributed by atoms with Gasteiger partial charge in [0.25, 0.3) is 0 Å². The summed E-state index contributed by atoms with van der Waals surface area (Å²) in [6.45, 7) is 2.00. The Labute approximate surface area is 150 Å². The van der Waals surface area contributed by atoms with Crippen molar-refractivity contribution in [1.29, 1.82) is 0 Å². The van der Waals surface area contributed by atoms with E-state index in [1.165, 1.54) is 24.0 Å². The number of aryl methyl sites for hydroxylation is 2. The number of sulfonamides is 1. The molecule has 0 heterocycles. The van der Waals surface area contributed by atoms with Crippen molar-refractivity contribution in [3.8, 4) is 5.75 Å². The molecule has 0 aromatic heterocycles. The zero-order valence-electron chi connectivity index (χ0n) is 14.8. The standard InChI is InChI=1S/C20H25NO3S/c1-3-20(17-9-8-15-6-4-5-7-16(15)14-17)21-25(22,23)19-12-10-18(24-2)11-13-19/h8-14,20-21H,3-7H2,1-2H3/t20-/m1/s1. The van der Waals surface area contributed by atoms with Crippen molar-refractivity contribution in [3.05, 3.63) is 59.2 Å². The topological polar surface area (TPSA) is 55.4 Å². The molecule has 0 saturated carbocycles. The van der Waals surface area contributed by atoms with Gasteiger partial charge in [-0.2, -0.15) is 0 Å². The number of hydrogen-bond acceptors (Lipinski definition) is 3. The number of ether oxygens (including phenoxy) is 1. The Morgan fingerprint density at radius 2 is 1.72 bits per heavy atom. The lowest BCUT2D eigenvalue weighted by Gasteiger charge is -2.21. The van der Waals surface area contributed by atoms with E-state index in [1.807, 2.05) is 6.92 Å². The number of benzene rings is 2. The lowest BCUT2D eigenvalue weighted by molar-refractivity contribution is 0.414. The highest BCUT2D eigenvalue weighted by molar-refractivity contribution is 7.89. The van der Waals surface area contributed by atoms with Gasteiger partial charge in [-0.05, 0) is 73.1 Å². The van der Waals surface area contributed by atoms with E-state index in [1.54, 1.807) is 31.4 Å². The van der Waals surface area contributed by atoms with E-state index in [0.717, 1.165) is 18.4 Å². The maximum Gasteiger partial charge on any atom is 0.241 e. The molecular formula is C20H25NO3S. The maximum absolute atomic E-state index is 12.7. The molecule has 0 bridgehead atoms. The molecule has 1 N–H and O–H groups in total. The van der Waals surface area contributed by atoms with E-state index in [9.17, 15) is 8.42 Å². The fourth-order valence-electron chi connectivity index (χ4n) is 3.37. The first-order valence-corrected chi connectivity index (χ1v) is 10.3. The van der Waals surface area contributed by atoms with Crippen molar-refractivity contribution < 1.29 is 13.2 Å². The van der Waals surface area contributed by atoms with E-state index < -0.39 is 10.0 Å². The average molecular weight is 359 g/mol. The van der Waals surface area contributed by atoms with E-state index in [2.05, 4.69) is 22.9 Å². The van der Waals surface area contributed by atoms with Gasteiger partial charge in [-0.25, -0.2) is 13.1 Å². The lowest BCUT2D eigenvalue weighted by atomic mass is 9.89. The predicted octanol–water partition coefficient (Wildman–Crippen LogP) is 4.00. The van der Waals surface area contributed by atoms with Gasteiger partial charge in [0.15, 0.2) is 0 Å². The molecule has 5 heteroatoms. The quantitative estimate of drug-likeness (QED) is 0.848. The SMILES string of the molecule is CC[C@@H](NS(=O)(=O)c1ccc(OC)cc1)c1ccc2c(c1)CCCC2. The summed E-state index contributed by atoms with van der Waals surface area (Å²) in [5, 5.41) is 0. The number of hydrogen-bond donors (Lipinski definition) is 1. The largest absolute Gasteiger partial charge is 0.497 e. The van der Waals surface area contributed by atoms with Crippen molar-refractivity contribution in [3.63, 3.8) is 0 Å². The number of methoxy groups -OCH3 is 1. The molecule has 134 valence electrons. The first-order valence-electron chi connectivity index (χ1n) is 8.81. The molecule has 0 amide bonds. The van der Waals surface area contributed by atoms with Crippen LogP contribution in [-0.4, -0.2) is 15.5 Å². The van der Waals surface area contributed by atoms with Crippen LogP contribution in [0.1, 0.15) is 48.9 Å². The van der Waals surface area contributed by atoms with Gasteiger partial charge in [0, 0.05) is 6.04 Å². The van der Waals surface area contributed by atoms with Crippen LogP contribution in [0.25, 0.3) is 0 Å². The first kappa shape index (κ1) is 18.0. The lowest BCUT2D eigenvalue weighted by Crippen LogP contribution is -2.28. The predicted molar refractivity (Wildman–Crippen MR) is 99.4 cm³/mol. The van der Waals surface area contributed by atoms with Crippen LogP contribution in [0.4, 0.5) is 0 Å². The van der Waals surface area contributed by atoms with Crippen LogP contribution in [0.15, 0.2) is 47.4 Å². The molecule has 0 spiro atoms. The molecule has 0 aliphatic heterocycles. The van der Waals surface area contributed by atoms with Crippen LogP contribution in [0.3, 0.4) is 0 Å². The molecule has 1 atom stereocenters. The number of nitrogens with one attached hydrogen (secondary N) is 1. The third-order valence-electron chi connectivity index (χ3n) is 4.85. The van der Waals surface area contributed by atoms with Gasteiger partial charge in [-0.1, -0.05) is 25.1 Å². The second-order valence-electron chi connectivity index (χ2n) is 6.49. The van der Waals surface area contributed by atoms with Gasteiger partial charge in [-0.15, -0.1) is 0 Å². The smallest absolute Gasteiger partial charge is 0.241 e. The summed E-state index contributed by atoms with van der Waals surface area (Å²) in [6.07, 6.45) is 5.38. The molecule has 0 saturated heterocycles. The summed E-state index contributed by atoms with van der Waals surface area (Å²) in [4.78, 5) is 0.254. The van der Waals surface area contributed by atoms with Crippen molar-refractivity contribution >= 4 is 10.0 Å². The molecule has 0 fully saturated rings. The summed E-state index contributed by atoms with van der Waals surface area (Å²) >= 11 is 0. The van der Waals surface area contributed by atoms with Crippen LogP contribution < -0.4 is 9.46 Å². The number of rotatable bonds is 6. The van der Waals surface area contributed by atoms with Crippen molar-refractivity contribution in [2.24, 2.45) is 0 Å². The van der Waals surface area contributed by atoms with Crippen LogP contribution in [0.5, 0.6) is 5.75 Å². The third-order valence-corrected chi connectivity index (χ3v) is 6.34. The van der Waals surface area contributed by atoms with Crippen LogP contribution in [0, 0.1) is 0 Å². The van der Waals surface area contributed by atoms with Gasteiger partial charge in [0.05, 0.1) is 12.0 Å². The van der Waals surface area contributed by atoms with Gasteiger partial charge in [-0.3, -0.25) is 0 Å². The van der Waals surface area contributed by atoms with Crippen molar-refractivity contribution in [1.82, 2.24) is 4.72 Å². The second-order valence-corrected chi connectivity index (χ2v) is 8.21. The number of fused-ring (bicyclic) bond motifs is 1. The highest BCUT2D eigenvalue weighted by atomic mass is 32.2. The summed E-state index contributed by atoms with van der Waals surface area (Å²) < 4.78 is 33.4. The Morgan fingerprint density at radius 1 is 1.04 bits per heavy atom. The summed E-state index contributed by atoms with van der Waals surface area (Å²) in [6, 6.07) is 12.6. The summed E-state index contributed by atoms with van der Waals surface area (Å²) in [5.74, 6) is 0.640. The van der Waals surface area contributed by atoms with Crippen LogP contribution >= 0.6 is 0 Å².